The topological polar surface area (TPSA) is 26.0 Å². The molecule has 0 aromatic heterocycles. The smallest absolute Gasteiger partial charge is 0.0331 e. The summed E-state index contributed by atoms with van der Waals surface area (Å²) in [5.74, 6) is 2.01. The zero-order valence-corrected chi connectivity index (χ0v) is 11.7. The van der Waals surface area contributed by atoms with E-state index in [1.165, 1.54) is 23.5 Å². The van der Waals surface area contributed by atoms with Crippen LogP contribution in [-0.4, -0.2) is 5.75 Å². The van der Waals surface area contributed by atoms with Gasteiger partial charge < -0.3 is 5.73 Å². The molecule has 0 aliphatic rings. The van der Waals surface area contributed by atoms with Crippen molar-refractivity contribution in [3.63, 3.8) is 0 Å². The van der Waals surface area contributed by atoms with Crippen LogP contribution in [0, 0.1) is 5.92 Å². The molecule has 0 saturated carbocycles. The van der Waals surface area contributed by atoms with Crippen LogP contribution in [0.4, 0.5) is 5.69 Å². The van der Waals surface area contributed by atoms with Gasteiger partial charge in [-0.25, -0.2) is 0 Å². The maximum atomic E-state index is 5.70. The molecule has 1 aromatic rings. The van der Waals surface area contributed by atoms with Crippen molar-refractivity contribution in [3.05, 3.63) is 22.7 Å². The first kappa shape index (κ1) is 12.9. The van der Waals surface area contributed by atoms with Gasteiger partial charge in [0, 0.05) is 20.8 Å². The first-order valence-electron chi connectivity index (χ1n) is 5.35. The molecule has 84 valence electrons. The lowest BCUT2D eigenvalue weighted by Gasteiger charge is -2.12. The van der Waals surface area contributed by atoms with Crippen molar-refractivity contribution in [2.24, 2.45) is 5.92 Å². The fourth-order valence-electron chi connectivity index (χ4n) is 1.37. The van der Waals surface area contributed by atoms with Gasteiger partial charge in [-0.3, -0.25) is 0 Å². The number of nitrogen functional groups attached to an aromatic ring is 1. The third kappa shape index (κ3) is 4.07. The second-order valence-electron chi connectivity index (χ2n) is 3.68. The highest BCUT2D eigenvalue weighted by Gasteiger charge is 2.06. The maximum Gasteiger partial charge on any atom is 0.0331 e. The zero-order chi connectivity index (χ0) is 11.3. The number of thioether (sulfide) groups is 1. The van der Waals surface area contributed by atoms with E-state index in [-0.39, 0.29) is 0 Å². The third-order valence-electron chi connectivity index (χ3n) is 2.59. The lowest BCUT2D eigenvalue weighted by Crippen LogP contribution is -1.99. The van der Waals surface area contributed by atoms with Gasteiger partial charge in [-0.1, -0.05) is 26.7 Å². The molecule has 0 heterocycles. The van der Waals surface area contributed by atoms with Gasteiger partial charge in [0.2, 0.25) is 0 Å². The highest BCUT2D eigenvalue weighted by Crippen LogP contribution is 2.31. The Kier molecular flexibility index (Phi) is 5.54. The lowest BCUT2D eigenvalue weighted by atomic mass is 10.1. The maximum absolute atomic E-state index is 5.70. The number of hydrogen-bond donors (Lipinski definition) is 1. The van der Waals surface area contributed by atoms with Crippen molar-refractivity contribution in [2.45, 2.75) is 31.6 Å². The SMILES string of the molecule is CCC(CC)CSc1ccc(N)cc1Br. The van der Waals surface area contributed by atoms with Gasteiger partial charge in [0.1, 0.15) is 0 Å². The average Bonchev–Trinajstić information content (AvgIpc) is 2.22. The Morgan fingerprint density at radius 1 is 1.33 bits per heavy atom. The number of hydrogen-bond acceptors (Lipinski definition) is 2. The Morgan fingerprint density at radius 2 is 2.00 bits per heavy atom. The minimum atomic E-state index is 0.814. The predicted molar refractivity (Wildman–Crippen MR) is 73.4 cm³/mol. The Labute approximate surface area is 105 Å². The van der Waals surface area contributed by atoms with Gasteiger partial charge in [-0.15, -0.1) is 11.8 Å². The molecular weight excluding hydrogens is 270 g/mol. The standard InChI is InChI=1S/C12H18BrNS/c1-3-9(4-2)8-15-12-6-5-10(14)7-11(12)13/h5-7,9H,3-4,8,14H2,1-2H3. The van der Waals surface area contributed by atoms with Crippen LogP contribution in [0.3, 0.4) is 0 Å². The number of benzene rings is 1. The van der Waals surface area contributed by atoms with Gasteiger partial charge in [0.15, 0.2) is 0 Å². The summed E-state index contributed by atoms with van der Waals surface area (Å²) in [6.45, 7) is 4.51. The molecule has 0 radical (unpaired) electrons. The van der Waals surface area contributed by atoms with Gasteiger partial charge in [-0.2, -0.15) is 0 Å². The first-order valence-corrected chi connectivity index (χ1v) is 7.13. The van der Waals surface area contributed by atoms with Crippen LogP contribution in [0.25, 0.3) is 0 Å². The Morgan fingerprint density at radius 3 is 2.53 bits per heavy atom. The molecule has 1 nitrogen and oxygen atoms in total. The van der Waals surface area contributed by atoms with Crippen LogP contribution >= 0.6 is 27.7 Å². The summed E-state index contributed by atoms with van der Waals surface area (Å²) in [7, 11) is 0. The highest BCUT2D eigenvalue weighted by molar-refractivity contribution is 9.10. The van der Waals surface area contributed by atoms with Crippen molar-refractivity contribution in [2.75, 3.05) is 11.5 Å². The molecule has 0 amide bonds. The van der Waals surface area contributed by atoms with E-state index in [9.17, 15) is 0 Å². The van der Waals surface area contributed by atoms with Crippen LogP contribution in [-0.2, 0) is 0 Å². The number of anilines is 1. The number of halogens is 1. The summed E-state index contributed by atoms with van der Waals surface area (Å²) in [5.41, 5.74) is 6.51. The van der Waals surface area contributed by atoms with Crippen molar-refractivity contribution in [1.82, 2.24) is 0 Å². The molecule has 1 aromatic carbocycles. The van der Waals surface area contributed by atoms with E-state index in [1.807, 2.05) is 23.9 Å². The third-order valence-corrected chi connectivity index (χ3v) is 4.81. The molecule has 0 fully saturated rings. The summed E-state index contributed by atoms with van der Waals surface area (Å²) in [5, 5.41) is 0. The zero-order valence-electron chi connectivity index (χ0n) is 9.29. The van der Waals surface area contributed by atoms with Gasteiger partial charge in [0.05, 0.1) is 0 Å². The Hall–Kier alpha value is -0.150. The molecule has 0 saturated heterocycles. The molecule has 2 N–H and O–H groups in total. The van der Waals surface area contributed by atoms with Gasteiger partial charge >= 0.3 is 0 Å². The van der Waals surface area contributed by atoms with Crippen LogP contribution in [0.15, 0.2) is 27.6 Å². The summed E-state index contributed by atoms with van der Waals surface area (Å²) in [6, 6.07) is 6.02. The monoisotopic (exact) mass is 287 g/mol. The molecule has 15 heavy (non-hydrogen) atoms. The van der Waals surface area contributed by atoms with E-state index in [0.717, 1.165) is 16.1 Å². The lowest BCUT2D eigenvalue weighted by molar-refractivity contribution is 0.554. The molecule has 0 unspecified atom stereocenters. The minimum Gasteiger partial charge on any atom is -0.399 e. The second-order valence-corrected chi connectivity index (χ2v) is 5.60. The molecule has 0 aliphatic heterocycles. The van der Waals surface area contributed by atoms with Crippen LogP contribution in [0.1, 0.15) is 26.7 Å². The van der Waals surface area contributed by atoms with E-state index >= 15 is 0 Å². The van der Waals surface area contributed by atoms with Gasteiger partial charge in [0.25, 0.3) is 0 Å². The van der Waals surface area contributed by atoms with Gasteiger partial charge in [-0.05, 0) is 40.0 Å². The van der Waals surface area contributed by atoms with Crippen LogP contribution in [0.2, 0.25) is 0 Å². The molecule has 3 heteroatoms. The average molecular weight is 288 g/mol. The quantitative estimate of drug-likeness (QED) is 0.635. The first-order chi connectivity index (χ1) is 7.17. The predicted octanol–water partition coefficient (Wildman–Crippen LogP) is 4.56. The number of nitrogens with two attached hydrogens (primary N) is 1. The van der Waals surface area contributed by atoms with E-state index in [4.69, 9.17) is 5.73 Å². The van der Waals surface area contributed by atoms with Crippen molar-refractivity contribution in [3.8, 4) is 0 Å². The molecule has 0 bridgehead atoms. The largest absolute Gasteiger partial charge is 0.399 e. The fraction of sp³-hybridized carbons (Fsp3) is 0.500. The molecular formula is C12H18BrNS. The second kappa shape index (κ2) is 6.44. The normalized spacial score (nSPS) is 10.9. The van der Waals surface area contributed by atoms with Crippen molar-refractivity contribution >= 4 is 33.4 Å². The van der Waals surface area contributed by atoms with Crippen LogP contribution in [0.5, 0.6) is 0 Å². The summed E-state index contributed by atoms with van der Waals surface area (Å²) in [4.78, 5) is 1.29. The van der Waals surface area contributed by atoms with E-state index in [1.54, 1.807) is 0 Å². The van der Waals surface area contributed by atoms with Crippen LogP contribution < -0.4 is 5.73 Å². The van der Waals surface area contributed by atoms with E-state index in [2.05, 4.69) is 35.8 Å². The number of rotatable bonds is 5. The molecule has 0 aliphatic carbocycles. The van der Waals surface area contributed by atoms with E-state index < -0.39 is 0 Å². The molecule has 0 spiro atoms. The van der Waals surface area contributed by atoms with E-state index in [0.29, 0.717) is 0 Å². The summed E-state index contributed by atoms with van der Waals surface area (Å²) >= 11 is 5.45. The summed E-state index contributed by atoms with van der Waals surface area (Å²) in [6.07, 6.45) is 2.52. The van der Waals surface area contributed by atoms with Crippen molar-refractivity contribution in [1.29, 1.82) is 0 Å². The Balaban J connectivity index is 2.57. The fourth-order valence-corrected chi connectivity index (χ4v) is 3.35. The summed E-state index contributed by atoms with van der Waals surface area (Å²) < 4.78 is 1.11. The highest BCUT2D eigenvalue weighted by atomic mass is 79.9. The Bertz CT molecular complexity index is 310. The van der Waals surface area contributed by atoms with Crippen molar-refractivity contribution < 1.29 is 0 Å². The molecule has 0 atom stereocenters. The minimum absolute atomic E-state index is 0.814. The molecule has 1 rings (SSSR count).